The van der Waals surface area contributed by atoms with E-state index in [0.717, 1.165) is 0 Å². The zero-order valence-corrected chi connectivity index (χ0v) is 10.4. The van der Waals surface area contributed by atoms with Crippen molar-refractivity contribution in [3.63, 3.8) is 0 Å². The molecule has 0 spiro atoms. The maximum atomic E-state index is 11.5. The Morgan fingerprint density at radius 3 is 2.35 bits per heavy atom. The lowest BCUT2D eigenvalue weighted by molar-refractivity contribution is -0.384. The summed E-state index contributed by atoms with van der Waals surface area (Å²) in [5.74, 6) is -0.0264. The molecule has 0 bridgehead atoms. The molecule has 0 radical (unpaired) electrons. The lowest BCUT2D eigenvalue weighted by atomic mass is 10.2. The molecule has 0 aromatic heterocycles. The lowest BCUT2D eigenvalue weighted by Crippen LogP contribution is -2.26. The van der Waals surface area contributed by atoms with E-state index in [2.05, 4.69) is 4.72 Å². The van der Waals surface area contributed by atoms with Crippen LogP contribution in [0.5, 0.6) is 0 Å². The topological polar surface area (TPSA) is 89.3 Å². The molecule has 8 heteroatoms. The quantitative estimate of drug-likeness (QED) is 0.482. The van der Waals surface area contributed by atoms with E-state index in [0.29, 0.717) is 5.56 Å². The van der Waals surface area contributed by atoms with Crippen LogP contribution in [0.25, 0.3) is 0 Å². The summed E-state index contributed by atoms with van der Waals surface area (Å²) in [6, 6.07) is 5.37. The first-order valence-corrected chi connectivity index (χ1v) is 6.90. The Morgan fingerprint density at radius 2 is 1.88 bits per heavy atom. The second kappa shape index (κ2) is 5.95. The van der Waals surface area contributed by atoms with Crippen LogP contribution in [0.2, 0.25) is 0 Å². The molecule has 0 saturated carbocycles. The number of sulfonamides is 1. The summed E-state index contributed by atoms with van der Waals surface area (Å²) in [6.07, 6.45) is 0. The largest absolute Gasteiger partial charge is 0.269 e. The van der Waals surface area contributed by atoms with Crippen LogP contribution in [0.4, 0.5) is 5.69 Å². The highest BCUT2D eigenvalue weighted by Crippen LogP contribution is 2.13. The van der Waals surface area contributed by atoms with Gasteiger partial charge in [0.05, 0.1) is 10.7 Å². The zero-order valence-electron chi connectivity index (χ0n) is 8.80. The van der Waals surface area contributed by atoms with Gasteiger partial charge in [-0.25, -0.2) is 13.1 Å². The van der Waals surface area contributed by atoms with Crippen molar-refractivity contribution in [1.82, 2.24) is 4.72 Å². The summed E-state index contributed by atoms with van der Waals surface area (Å²) in [7, 11) is -3.43. The van der Waals surface area contributed by atoms with Gasteiger partial charge in [0.2, 0.25) is 10.0 Å². The van der Waals surface area contributed by atoms with Gasteiger partial charge < -0.3 is 0 Å². The van der Waals surface area contributed by atoms with E-state index in [4.69, 9.17) is 11.6 Å². The predicted octanol–water partition coefficient (Wildman–Crippen LogP) is 1.25. The van der Waals surface area contributed by atoms with Crippen molar-refractivity contribution >= 4 is 27.3 Å². The Morgan fingerprint density at radius 1 is 1.29 bits per heavy atom. The SMILES string of the molecule is O=[N+]([O-])c1ccc(CS(=O)(=O)NCCCl)cc1. The number of alkyl halides is 1. The molecule has 17 heavy (non-hydrogen) atoms. The number of benzene rings is 1. The summed E-state index contributed by atoms with van der Waals surface area (Å²) in [6.45, 7) is 0.164. The minimum absolute atomic E-state index is 0.0696. The van der Waals surface area contributed by atoms with Crippen LogP contribution in [-0.2, 0) is 15.8 Å². The molecule has 1 aromatic rings. The fourth-order valence-corrected chi connectivity index (χ4v) is 2.53. The summed E-state index contributed by atoms with van der Waals surface area (Å²) in [5, 5.41) is 10.4. The van der Waals surface area contributed by atoms with E-state index < -0.39 is 14.9 Å². The molecular formula is C9H11ClN2O4S. The fourth-order valence-electron chi connectivity index (χ4n) is 1.18. The lowest BCUT2D eigenvalue weighted by Gasteiger charge is -2.04. The van der Waals surface area contributed by atoms with Gasteiger partial charge in [0, 0.05) is 24.6 Å². The maximum Gasteiger partial charge on any atom is 0.269 e. The average molecular weight is 279 g/mol. The molecule has 0 amide bonds. The fraction of sp³-hybridized carbons (Fsp3) is 0.333. The molecule has 1 rings (SSSR count). The van der Waals surface area contributed by atoms with E-state index in [1.165, 1.54) is 24.3 Å². The molecule has 0 unspecified atom stereocenters. The van der Waals surface area contributed by atoms with Gasteiger partial charge in [-0.2, -0.15) is 0 Å². The molecule has 1 aromatic carbocycles. The molecular weight excluding hydrogens is 268 g/mol. The van der Waals surface area contributed by atoms with E-state index in [1.807, 2.05) is 0 Å². The van der Waals surface area contributed by atoms with Crippen LogP contribution in [-0.4, -0.2) is 25.8 Å². The van der Waals surface area contributed by atoms with Gasteiger partial charge in [-0.3, -0.25) is 10.1 Å². The van der Waals surface area contributed by atoms with Crippen molar-refractivity contribution in [2.75, 3.05) is 12.4 Å². The van der Waals surface area contributed by atoms with Crippen LogP contribution in [0.3, 0.4) is 0 Å². The summed E-state index contributed by atoms with van der Waals surface area (Å²) >= 11 is 5.36. The van der Waals surface area contributed by atoms with Crippen LogP contribution in [0.15, 0.2) is 24.3 Å². The smallest absolute Gasteiger partial charge is 0.258 e. The summed E-state index contributed by atoms with van der Waals surface area (Å²) in [5.41, 5.74) is 0.414. The number of halogens is 1. The Labute approximate surface area is 104 Å². The first-order valence-electron chi connectivity index (χ1n) is 4.71. The minimum Gasteiger partial charge on any atom is -0.258 e. The van der Waals surface area contributed by atoms with Crippen molar-refractivity contribution < 1.29 is 13.3 Å². The number of nitro benzene ring substituents is 1. The highest BCUT2D eigenvalue weighted by atomic mass is 35.5. The van der Waals surface area contributed by atoms with Crippen molar-refractivity contribution in [3.05, 3.63) is 39.9 Å². The number of rotatable bonds is 6. The monoisotopic (exact) mass is 278 g/mol. The Bertz CT molecular complexity index is 486. The molecule has 0 atom stereocenters. The van der Waals surface area contributed by atoms with Crippen molar-refractivity contribution in [2.45, 2.75) is 5.75 Å². The molecule has 94 valence electrons. The third-order valence-corrected chi connectivity index (χ3v) is 3.47. The molecule has 0 heterocycles. The van der Waals surface area contributed by atoms with Crippen molar-refractivity contribution in [3.8, 4) is 0 Å². The predicted molar refractivity (Wildman–Crippen MR) is 64.4 cm³/mol. The van der Waals surface area contributed by atoms with Crippen LogP contribution >= 0.6 is 11.6 Å². The molecule has 0 aliphatic rings. The van der Waals surface area contributed by atoms with Gasteiger partial charge in [0.1, 0.15) is 0 Å². The number of non-ortho nitro benzene ring substituents is 1. The second-order valence-electron chi connectivity index (χ2n) is 3.27. The van der Waals surface area contributed by atoms with Crippen molar-refractivity contribution in [2.24, 2.45) is 0 Å². The number of hydrogen-bond donors (Lipinski definition) is 1. The first kappa shape index (κ1) is 13.9. The average Bonchev–Trinajstić information content (AvgIpc) is 2.26. The first-order chi connectivity index (χ1) is 7.94. The molecule has 1 N–H and O–H groups in total. The van der Waals surface area contributed by atoms with Gasteiger partial charge >= 0.3 is 0 Å². The Kier molecular flexibility index (Phi) is 4.86. The molecule has 0 saturated heterocycles. The Balaban J connectivity index is 2.72. The summed E-state index contributed by atoms with van der Waals surface area (Å²) in [4.78, 5) is 9.86. The van der Waals surface area contributed by atoms with E-state index in [1.54, 1.807) is 0 Å². The molecule has 0 aliphatic carbocycles. The highest BCUT2D eigenvalue weighted by Gasteiger charge is 2.12. The number of hydrogen-bond acceptors (Lipinski definition) is 4. The van der Waals surface area contributed by atoms with Gasteiger partial charge in [0.15, 0.2) is 0 Å². The van der Waals surface area contributed by atoms with Crippen LogP contribution < -0.4 is 4.72 Å². The van der Waals surface area contributed by atoms with Crippen LogP contribution in [0.1, 0.15) is 5.56 Å². The van der Waals surface area contributed by atoms with Crippen LogP contribution in [0, 0.1) is 10.1 Å². The standard InChI is InChI=1S/C9H11ClN2O4S/c10-5-6-11-17(15,16)7-8-1-3-9(4-2-8)12(13)14/h1-4,11H,5-7H2. The van der Waals surface area contributed by atoms with E-state index in [-0.39, 0.29) is 23.9 Å². The zero-order chi connectivity index (χ0) is 12.9. The molecule has 0 fully saturated rings. The summed E-state index contributed by atoms with van der Waals surface area (Å²) < 4.78 is 25.2. The van der Waals surface area contributed by atoms with Gasteiger partial charge in [-0.05, 0) is 5.56 Å². The number of nitro groups is 1. The second-order valence-corrected chi connectivity index (χ2v) is 5.45. The third-order valence-electron chi connectivity index (χ3n) is 1.92. The van der Waals surface area contributed by atoms with Gasteiger partial charge in [0.25, 0.3) is 5.69 Å². The molecule has 6 nitrogen and oxygen atoms in total. The Hall–Kier alpha value is -1.18. The number of nitrogens with zero attached hydrogens (tertiary/aromatic N) is 1. The number of nitrogens with one attached hydrogen (secondary N) is 1. The van der Waals surface area contributed by atoms with E-state index in [9.17, 15) is 18.5 Å². The highest BCUT2D eigenvalue weighted by molar-refractivity contribution is 7.88. The maximum absolute atomic E-state index is 11.5. The van der Waals surface area contributed by atoms with Crippen molar-refractivity contribution in [1.29, 1.82) is 0 Å². The molecule has 0 aliphatic heterocycles. The van der Waals surface area contributed by atoms with E-state index >= 15 is 0 Å². The van der Waals surface area contributed by atoms with Gasteiger partial charge in [-0.1, -0.05) is 12.1 Å². The minimum atomic E-state index is -3.43. The van der Waals surface area contributed by atoms with Gasteiger partial charge in [-0.15, -0.1) is 11.6 Å². The third kappa shape index (κ3) is 4.68. The normalized spacial score (nSPS) is 11.4.